The Bertz CT molecular complexity index is 462. The van der Waals surface area contributed by atoms with Gasteiger partial charge in [0.1, 0.15) is 5.75 Å². The summed E-state index contributed by atoms with van der Waals surface area (Å²) in [6.45, 7) is 3.88. The van der Waals surface area contributed by atoms with E-state index in [9.17, 15) is 8.42 Å². The Morgan fingerprint density at radius 2 is 2.14 bits per heavy atom. The van der Waals surface area contributed by atoms with Crippen molar-refractivity contribution in [3.63, 3.8) is 0 Å². The minimum absolute atomic E-state index is 0.0173. The predicted octanol–water partition coefficient (Wildman–Crippen LogP) is 1.82. The van der Waals surface area contributed by atoms with Gasteiger partial charge < -0.3 is 4.18 Å². The molecule has 1 atom stereocenters. The second-order valence-electron chi connectivity index (χ2n) is 3.75. The van der Waals surface area contributed by atoms with Gasteiger partial charge in [0.25, 0.3) is 0 Å². The number of fused-ring (bicyclic) bond motifs is 1. The van der Waals surface area contributed by atoms with Gasteiger partial charge in [-0.3, -0.25) is 0 Å². The molecule has 1 aliphatic heterocycles. The summed E-state index contributed by atoms with van der Waals surface area (Å²) >= 11 is 0. The average molecular weight is 212 g/mol. The second kappa shape index (κ2) is 2.98. The molecule has 1 aromatic carbocycles. The molecule has 1 aliphatic rings. The van der Waals surface area contributed by atoms with Crippen LogP contribution in [-0.4, -0.2) is 14.2 Å². The molecule has 0 aliphatic carbocycles. The lowest BCUT2D eigenvalue weighted by Crippen LogP contribution is -2.24. The number of rotatable bonds is 0. The van der Waals surface area contributed by atoms with E-state index >= 15 is 0 Å². The molecule has 2 rings (SSSR count). The third kappa shape index (κ3) is 1.62. The highest BCUT2D eigenvalue weighted by Crippen LogP contribution is 2.34. The van der Waals surface area contributed by atoms with Crippen LogP contribution in [0.4, 0.5) is 0 Å². The fourth-order valence-electron chi connectivity index (χ4n) is 1.70. The number of hydrogen-bond donors (Lipinski definition) is 0. The highest BCUT2D eigenvalue weighted by Gasteiger charge is 2.28. The summed E-state index contributed by atoms with van der Waals surface area (Å²) in [4.78, 5) is 0. The zero-order valence-electron chi connectivity index (χ0n) is 8.15. The molecule has 0 aromatic heterocycles. The largest absolute Gasteiger partial charge is 0.382 e. The molecule has 0 amide bonds. The van der Waals surface area contributed by atoms with Crippen LogP contribution in [0, 0.1) is 6.92 Å². The first-order chi connectivity index (χ1) is 6.48. The Morgan fingerprint density at radius 3 is 2.86 bits per heavy atom. The molecule has 1 aromatic rings. The minimum Gasteiger partial charge on any atom is -0.382 e. The van der Waals surface area contributed by atoms with E-state index in [1.165, 1.54) is 0 Å². The van der Waals surface area contributed by atoms with Crippen LogP contribution in [0.2, 0.25) is 0 Å². The highest BCUT2D eigenvalue weighted by molar-refractivity contribution is 7.87. The highest BCUT2D eigenvalue weighted by atomic mass is 32.2. The molecule has 14 heavy (non-hydrogen) atoms. The van der Waals surface area contributed by atoms with E-state index in [0.29, 0.717) is 5.75 Å². The Balaban J connectivity index is 2.56. The van der Waals surface area contributed by atoms with E-state index < -0.39 is 10.1 Å². The molecule has 0 bridgehead atoms. The maximum atomic E-state index is 11.3. The molecule has 0 radical (unpaired) electrons. The summed E-state index contributed by atoms with van der Waals surface area (Å²) in [5, 5.41) is 0. The molecule has 4 heteroatoms. The summed E-state index contributed by atoms with van der Waals surface area (Å²) in [7, 11) is -3.36. The SMILES string of the molecule is Cc1ccc2c(c1)C(C)CS(=O)(=O)O2. The van der Waals surface area contributed by atoms with Crippen LogP contribution in [0.5, 0.6) is 5.75 Å². The molecule has 0 saturated carbocycles. The average Bonchev–Trinajstić information content (AvgIpc) is 2.05. The van der Waals surface area contributed by atoms with Crippen molar-refractivity contribution in [2.24, 2.45) is 0 Å². The molecular formula is C10H12O3S. The molecule has 1 unspecified atom stereocenters. The summed E-state index contributed by atoms with van der Waals surface area (Å²) < 4.78 is 27.5. The Morgan fingerprint density at radius 1 is 1.43 bits per heavy atom. The summed E-state index contributed by atoms with van der Waals surface area (Å²) in [5.74, 6) is 0.571. The number of hydrogen-bond acceptors (Lipinski definition) is 3. The number of aryl methyl sites for hydroxylation is 1. The fraction of sp³-hybridized carbons (Fsp3) is 0.400. The summed E-state index contributed by atoms with van der Waals surface area (Å²) in [5.41, 5.74) is 2.11. The van der Waals surface area contributed by atoms with Gasteiger partial charge in [0.05, 0.1) is 5.75 Å². The molecule has 0 spiro atoms. The minimum atomic E-state index is -3.36. The van der Waals surface area contributed by atoms with Crippen LogP contribution in [0.15, 0.2) is 18.2 Å². The third-order valence-electron chi connectivity index (χ3n) is 2.37. The normalized spacial score (nSPS) is 23.7. The topological polar surface area (TPSA) is 43.4 Å². The van der Waals surface area contributed by atoms with Crippen molar-refractivity contribution in [2.45, 2.75) is 19.8 Å². The van der Waals surface area contributed by atoms with Crippen molar-refractivity contribution < 1.29 is 12.6 Å². The van der Waals surface area contributed by atoms with Crippen molar-refractivity contribution in [3.05, 3.63) is 29.3 Å². The van der Waals surface area contributed by atoms with E-state index in [1.54, 1.807) is 6.07 Å². The van der Waals surface area contributed by atoms with Gasteiger partial charge in [0, 0.05) is 11.5 Å². The quantitative estimate of drug-likeness (QED) is 0.616. The predicted molar refractivity (Wildman–Crippen MR) is 54.0 cm³/mol. The monoisotopic (exact) mass is 212 g/mol. The van der Waals surface area contributed by atoms with Gasteiger partial charge in [-0.15, -0.1) is 0 Å². The zero-order valence-corrected chi connectivity index (χ0v) is 8.97. The standard InChI is InChI=1S/C10H12O3S/c1-7-3-4-10-9(5-7)8(2)6-14(11,12)13-10/h3-5,8H,6H2,1-2H3. The van der Waals surface area contributed by atoms with Crippen molar-refractivity contribution in [1.82, 2.24) is 0 Å². The number of benzene rings is 1. The molecule has 3 nitrogen and oxygen atoms in total. The van der Waals surface area contributed by atoms with E-state index in [4.69, 9.17) is 4.18 Å². The van der Waals surface area contributed by atoms with Crippen LogP contribution < -0.4 is 4.18 Å². The molecule has 0 fully saturated rings. The van der Waals surface area contributed by atoms with E-state index in [0.717, 1.165) is 11.1 Å². The van der Waals surface area contributed by atoms with Gasteiger partial charge >= 0.3 is 10.1 Å². The van der Waals surface area contributed by atoms with Crippen LogP contribution >= 0.6 is 0 Å². The van der Waals surface area contributed by atoms with Crippen molar-refractivity contribution in [1.29, 1.82) is 0 Å². The molecule has 76 valence electrons. The van der Waals surface area contributed by atoms with E-state index in [1.807, 2.05) is 26.0 Å². The Labute approximate surface area is 83.8 Å². The van der Waals surface area contributed by atoms with E-state index in [2.05, 4.69) is 0 Å². The Hall–Kier alpha value is -1.03. The Kier molecular flexibility index (Phi) is 2.03. The molecule has 1 heterocycles. The van der Waals surface area contributed by atoms with Crippen molar-refractivity contribution in [3.8, 4) is 5.75 Å². The van der Waals surface area contributed by atoms with Crippen LogP contribution in [0.3, 0.4) is 0 Å². The first-order valence-corrected chi connectivity index (χ1v) is 6.08. The molecule has 0 saturated heterocycles. The lowest BCUT2D eigenvalue weighted by atomic mass is 10.00. The van der Waals surface area contributed by atoms with Crippen molar-refractivity contribution in [2.75, 3.05) is 5.75 Å². The van der Waals surface area contributed by atoms with Gasteiger partial charge in [0.2, 0.25) is 0 Å². The molecule has 0 N–H and O–H groups in total. The third-order valence-corrected chi connectivity index (χ3v) is 3.71. The van der Waals surface area contributed by atoms with E-state index in [-0.39, 0.29) is 11.7 Å². The lowest BCUT2D eigenvalue weighted by Gasteiger charge is -2.22. The zero-order chi connectivity index (χ0) is 10.3. The van der Waals surface area contributed by atoms with Crippen LogP contribution in [-0.2, 0) is 10.1 Å². The van der Waals surface area contributed by atoms with Gasteiger partial charge in [-0.2, -0.15) is 8.42 Å². The van der Waals surface area contributed by atoms with Crippen molar-refractivity contribution >= 4 is 10.1 Å². The van der Waals surface area contributed by atoms with Gasteiger partial charge in [-0.05, 0) is 13.0 Å². The smallest absolute Gasteiger partial charge is 0.309 e. The maximum Gasteiger partial charge on any atom is 0.309 e. The first kappa shape index (κ1) is 9.52. The van der Waals surface area contributed by atoms with Gasteiger partial charge in [-0.25, -0.2) is 0 Å². The molecular weight excluding hydrogens is 200 g/mol. The second-order valence-corrected chi connectivity index (χ2v) is 5.37. The fourth-order valence-corrected chi connectivity index (χ4v) is 2.98. The lowest BCUT2D eigenvalue weighted by molar-refractivity contribution is 0.463. The maximum absolute atomic E-state index is 11.3. The summed E-state index contributed by atoms with van der Waals surface area (Å²) in [6, 6.07) is 5.55. The van der Waals surface area contributed by atoms with Gasteiger partial charge in [0.15, 0.2) is 0 Å². The van der Waals surface area contributed by atoms with Crippen LogP contribution in [0.1, 0.15) is 24.0 Å². The van der Waals surface area contributed by atoms with Crippen LogP contribution in [0.25, 0.3) is 0 Å². The first-order valence-electron chi connectivity index (χ1n) is 4.51. The van der Waals surface area contributed by atoms with Gasteiger partial charge in [-0.1, -0.05) is 24.6 Å². The summed E-state index contributed by atoms with van der Waals surface area (Å²) in [6.07, 6.45) is 0.